The van der Waals surface area contributed by atoms with Gasteiger partial charge in [-0.25, -0.2) is 4.98 Å². The number of hydrogen-bond donors (Lipinski definition) is 0. The van der Waals surface area contributed by atoms with E-state index in [1.54, 1.807) is 6.07 Å². The molecule has 3 nitrogen and oxygen atoms in total. The van der Waals surface area contributed by atoms with Crippen LogP contribution in [0.15, 0.2) is 54.6 Å². The molecule has 116 valence electrons. The highest BCUT2D eigenvalue weighted by Crippen LogP contribution is 2.27. The van der Waals surface area contributed by atoms with Gasteiger partial charge in [0.05, 0.1) is 17.8 Å². The van der Waals surface area contributed by atoms with E-state index in [0.29, 0.717) is 12.2 Å². The number of halogens is 1. The predicted molar refractivity (Wildman–Crippen MR) is 93.1 cm³/mol. The summed E-state index contributed by atoms with van der Waals surface area (Å²) < 4.78 is 5.58. The molecule has 0 atom stereocenters. The SMILES string of the molecule is CCCOc1ccc(-c2cc(C(=O)Cl)c3ccccc3n2)cc1. The summed E-state index contributed by atoms with van der Waals surface area (Å²) in [4.78, 5) is 16.4. The van der Waals surface area contributed by atoms with E-state index in [4.69, 9.17) is 16.3 Å². The van der Waals surface area contributed by atoms with Crippen LogP contribution in [-0.2, 0) is 0 Å². The van der Waals surface area contributed by atoms with E-state index in [-0.39, 0.29) is 0 Å². The molecule has 0 saturated heterocycles. The first-order valence-corrected chi connectivity index (χ1v) is 7.89. The number of hydrogen-bond acceptors (Lipinski definition) is 3. The number of rotatable bonds is 5. The minimum Gasteiger partial charge on any atom is -0.494 e. The molecule has 0 fully saturated rings. The molecule has 2 aromatic carbocycles. The first-order valence-electron chi connectivity index (χ1n) is 7.52. The minimum atomic E-state index is -0.479. The number of para-hydroxylation sites is 1. The Morgan fingerprint density at radius 3 is 2.57 bits per heavy atom. The summed E-state index contributed by atoms with van der Waals surface area (Å²) in [5.41, 5.74) is 2.85. The van der Waals surface area contributed by atoms with Crippen LogP contribution in [0.1, 0.15) is 23.7 Å². The maximum Gasteiger partial charge on any atom is 0.253 e. The van der Waals surface area contributed by atoms with Crippen molar-refractivity contribution in [2.24, 2.45) is 0 Å². The Morgan fingerprint density at radius 1 is 1.13 bits per heavy atom. The largest absolute Gasteiger partial charge is 0.494 e. The van der Waals surface area contributed by atoms with Crippen molar-refractivity contribution in [1.29, 1.82) is 0 Å². The molecule has 1 aromatic heterocycles. The van der Waals surface area contributed by atoms with Crippen LogP contribution in [0.5, 0.6) is 5.75 Å². The van der Waals surface area contributed by atoms with Crippen LogP contribution < -0.4 is 4.74 Å². The van der Waals surface area contributed by atoms with Gasteiger partial charge in [-0.2, -0.15) is 0 Å². The quantitative estimate of drug-likeness (QED) is 0.615. The van der Waals surface area contributed by atoms with Crippen molar-refractivity contribution in [3.05, 3.63) is 60.2 Å². The Labute approximate surface area is 139 Å². The summed E-state index contributed by atoms with van der Waals surface area (Å²) in [6, 6.07) is 16.9. The standard InChI is InChI=1S/C19H16ClNO2/c1-2-11-23-14-9-7-13(8-10-14)18-12-16(19(20)22)15-5-3-4-6-17(15)21-18/h3-10,12H,2,11H2,1H3. The smallest absolute Gasteiger partial charge is 0.253 e. The van der Waals surface area contributed by atoms with E-state index in [2.05, 4.69) is 11.9 Å². The molecule has 23 heavy (non-hydrogen) atoms. The number of pyridine rings is 1. The molecule has 3 rings (SSSR count). The molecular formula is C19H16ClNO2. The van der Waals surface area contributed by atoms with Crippen molar-refractivity contribution >= 4 is 27.7 Å². The molecular weight excluding hydrogens is 310 g/mol. The topological polar surface area (TPSA) is 39.2 Å². The van der Waals surface area contributed by atoms with E-state index in [9.17, 15) is 4.79 Å². The van der Waals surface area contributed by atoms with Gasteiger partial charge >= 0.3 is 0 Å². The van der Waals surface area contributed by atoms with Gasteiger partial charge in [-0.15, -0.1) is 0 Å². The first-order chi connectivity index (χ1) is 11.2. The number of ether oxygens (including phenoxy) is 1. The lowest BCUT2D eigenvalue weighted by Gasteiger charge is -2.08. The van der Waals surface area contributed by atoms with Crippen LogP contribution in [0.25, 0.3) is 22.2 Å². The Morgan fingerprint density at radius 2 is 1.87 bits per heavy atom. The van der Waals surface area contributed by atoms with Crippen LogP contribution in [-0.4, -0.2) is 16.8 Å². The normalized spacial score (nSPS) is 10.7. The molecule has 0 amide bonds. The maximum absolute atomic E-state index is 11.7. The molecule has 0 spiro atoms. The Balaban J connectivity index is 2.04. The summed E-state index contributed by atoms with van der Waals surface area (Å²) in [5, 5.41) is 0.284. The molecule has 3 aromatic rings. The van der Waals surface area contributed by atoms with Crippen molar-refractivity contribution in [1.82, 2.24) is 4.98 Å². The molecule has 0 aliphatic carbocycles. The molecule has 0 saturated carbocycles. The van der Waals surface area contributed by atoms with Crippen LogP contribution in [0.3, 0.4) is 0 Å². The second kappa shape index (κ2) is 6.80. The maximum atomic E-state index is 11.7. The lowest BCUT2D eigenvalue weighted by atomic mass is 10.0. The molecule has 1 heterocycles. The van der Waals surface area contributed by atoms with E-state index in [1.807, 2.05) is 48.5 Å². The number of carbonyl (C=O) groups excluding carboxylic acids is 1. The van der Waals surface area contributed by atoms with Gasteiger partial charge in [-0.3, -0.25) is 4.79 Å². The summed E-state index contributed by atoms with van der Waals surface area (Å²) in [6.45, 7) is 2.76. The van der Waals surface area contributed by atoms with Gasteiger partial charge in [0.1, 0.15) is 5.75 Å². The van der Waals surface area contributed by atoms with Crippen LogP contribution in [0.2, 0.25) is 0 Å². The summed E-state index contributed by atoms with van der Waals surface area (Å²) >= 11 is 5.74. The third-order valence-corrected chi connectivity index (χ3v) is 3.75. The second-order valence-corrected chi connectivity index (χ2v) is 5.56. The van der Waals surface area contributed by atoms with Gasteiger partial charge in [0.15, 0.2) is 0 Å². The fourth-order valence-corrected chi connectivity index (χ4v) is 2.58. The van der Waals surface area contributed by atoms with Gasteiger partial charge in [-0.05, 0) is 54.4 Å². The van der Waals surface area contributed by atoms with E-state index >= 15 is 0 Å². The highest BCUT2D eigenvalue weighted by molar-refractivity contribution is 6.68. The number of carbonyl (C=O) groups is 1. The van der Waals surface area contributed by atoms with Crippen molar-refractivity contribution in [3.8, 4) is 17.0 Å². The van der Waals surface area contributed by atoms with Crippen molar-refractivity contribution in [3.63, 3.8) is 0 Å². The molecule has 0 bridgehead atoms. The van der Waals surface area contributed by atoms with Crippen LogP contribution in [0.4, 0.5) is 0 Å². The number of benzene rings is 2. The molecule has 0 aliphatic heterocycles. The van der Waals surface area contributed by atoms with E-state index in [1.165, 1.54) is 0 Å². The lowest BCUT2D eigenvalue weighted by molar-refractivity contribution is 0.108. The summed E-state index contributed by atoms with van der Waals surface area (Å²) in [6.07, 6.45) is 0.967. The average Bonchev–Trinajstić information content (AvgIpc) is 2.59. The first kappa shape index (κ1) is 15.5. The van der Waals surface area contributed by atoms with Crippen molar-refractivity contribution < 1.29 is 9.53 Å². The second-order valence-electron chi connectivity index (χ2n) is 5.22. The third kappa shape index (κ3) is 3.35. The van der Waals surface area contributed by atoms with Crippen LogP contribution >= 0.6 is 11.6 Å². The van der Waals surface area contributed by atoms with E-state index in [0.717, 1.165) is 34.3 Å². The summed E-state index contributed by atoms with van der Waals surface area (Å²) in [5.74, 6) is 0.824. The van der Waals surface area contributed by atoms with Gasteiger partial charge < -0.3 is 4.74 Å². The zero-order chi connectivity index (χ0) is 16.2. The summed E-state index contributed by atoms with van der Waals surface area (Å²) in [7, 11) is 0. The molecule has 4 heteroatoms. The van der Waals surface area contributed by atoms with Gasteiger partial charge in [0.25, 0.3) is 5.24 Å². The molecule has 0 aliphatic rings. The molecule has 0 radical (unpaired) electrons. The third-order valence-electron chi connectivity index (χ3n) is 3.55. The molecule has 0 unspecified atom stereocenters. The minimum absolute atomic E-state index is 0.471. The Bertz CT molecular complexity index is 844. The fraction of sp³-hybridized carbons (Fsp3) is 0.158. The Hall–Kier alpha value is -2.39. The van der Waals surface area contributed by atoms with Crippen LogP contribution in [0, 0.1) is 0 Å². The number of nitrogens with zero attached hydrogens (tertiary/aromatic N) is 1. The number of fused-ring (bicyclic) bond motifs is 1. The molecule has 0 N–H and O–H groups in total. The highest BCUT2D eigenvalue weighted by Gasteiger charge is 2.12. The monoisotopic (exact) mass is 325 g/mol. The highest BCUT2D eigenvalue weighted by atomic mass is 35.5. The fourth-order valence-electron chi connectivity index (χ4n) is 2.43. The Kier molecular flexibility index (Phi) is 4.58. The van der Waals surface area contributed by atoms with Crippen molar-refractivity contribution in [2.75, 3.05) is 6.61 Å². The van der Waals surface area contributed by atoms with Gasteiger partial charge in [-0.1, -0.05) is 25.1 Å². The lowest BCUT2D eigenvalue weighted by Crippen LogP contribution is -1.96. The van der Waals surface area contributed by atoms with Crippen molar-refractivity contribution in [2.45, 2.75) is 13.3 Å². The van der Waals surface area contributed by atoms with Gasteiger partial charge in [0, 0.05) is 16.5 Å². The zero-order valence-electron chi connectivity index (χ0n) is 12.8. The van der Waals surface area contributed by atoms with E-state index < -0.39 is 5.24 Å². The van der Waals surface area contributed by atoms with Gasteiger partial charge in [0.2, 0.25) is 0 Å². The average molecular weight is 326 g/mol. The predicted octanol–water partition coefficient (Wildman–Crippen LogP) is 5.07. The zero-order valence-corrected chi connectivity index (χ0v) is 13.5. The number of aromatic nitrogens is 1.